The van der Waals surface area contributed by atoms with Gasteiger partial charge in [-0.3, -0.25) is 9.79 Å². The summed E-state index contributed by atoms with van der Waals surface area (Å²) in [7, 11) is -0.0277. The second-order valence-corrected chi connectivity index (χ2v) is 11.0. The van der Waals surface area contributed by atoms with Crippen LogP contribution in [-0.4, -0.2) is 70.7 Å². The molecule has 1 amide bonds. The van der Waals surface area contributed by atoms with Gasteiger partial charge in [-0.25, -0.2) is 13.1 Å². The molecule has 1 aliphatic rings. The fourth-order valence-corrected chi connectivity index (χ4v) is 5.97. The molecule has 0 saturated heterocycles. The molecule has 8 nitrogen and oxygen atoms in total. The lowest BCUT2D eigenvalue weighted by atomic mass is 10.2. The minimum absolute atomic E-state index is 0. The Morgan fingerprint density at radius 2 is 2.09 bits per heavy atom. The number of rotatable bonds is 10. The molecule has 1 unspecified atom stereocenters. The molecule has 1 heterocycles. The third kappa shape index (κ3) is 8.62. The van der Waals surface area contributed by atoms with Gasteiger partial charge in [0.05, 0.1) is 5.25 Å². The van der Waals surface area contributed by atoms with Gasteiger partial charge in [-0.1, -0.05) is 24.9 Å². The highest BCUT2D eigenvalue weighted by Crippen LogP contribution is 2.35. The standard InChI is InChI=1S/C20H32ClN5O3S2.ClH/c1-5-7-16(19(27)22-10-11-26(3)4)30-17-13-15(21)14(2)12-18(17)31(28,29)25-20-23-8-6-9-24-20;/h12-13,16H,5-11H2,1-4H3,(H,22,27)(H2,23,24,25);1H. The largest absolute Gasteiger partial charge is 0.356 e. The fraction of sp³-hybridized carbons (Fsp3) is 0.600. The third-order valence-corrected chi connectivity index (χ3v) is 7.85. The van der Waals surface area contributed by atoms with E-state index < -0.39 is 15.3 Å². The highest BCUT2D eigenvalue weighted by molar-refractivity contribution is 8.01. The van der Waals surface area contributed by atoms with Gasteiger partial charge in [0.2, 0.25) is 11.9 Å². The van der Waals surface area contributed by atoms with Gasteiger partial charge in [-0.15, -0.1) is 24.2 Å². The van der Waals surface area contributed by atoms with Crippen molar-refractivity contribution < 1.29 is 13.2 Å². The maximum Gasteiger partial charge on any atom is 0.265 e. The van der Waals surface area contributed by atoms with Crippen LogP contribution >= 0.6 is 35.8 Å². The zero-order chi connectivity index (χ0) is 23.0. The van der Waals surface area contributed by atoms with Crippen molar-refractivity contribution in [3.8, 4) is 0 Å². The van der Waals surface area contributed by atoms with E-state index in [0.29, 0.717) is 41.5 Å². The van der Waals surface area contributed by atoms with Crippen LogP contribution in [0.15, 0.2) is 26.9 Å². The van der Waals surface area contributed by atoms with Crippen molar-refractivity contribution >= 4 is 57.7 Å². The minimum atomic E-state index is -3.91. The molecule has 1 aromatic carbocycles. The number of halogens is 2. The van der Waals surface area contributed by atoms with Crippen LogP contribution in [0, 0.1) is 6.92 Å². The van der Waals surface area contributed by atoms with E-state index in [-0.39, 0.29) is 29.2 Å². The van der Waals surface area contributed by atoms with E-state index in [9.17, 15) is 13.2 Å². The van der Waals surface area contributed by atoms with E-state index in [1.165, 1.54) is 11.8 Å². The highest BCUT2D eigenvalue weighted by Gasteiger charge is 2.27. The number of nitrogens with one attached hydrogen (secondary N) is 3. The summed E-state index contributed by atoms with van der Waals surface area (Å²) >= 11 is 7.54. The van der Waals surface area contributed by atoms with Gasteiger partial charge in [0, 0.05) is 36.1 Å². The van der Waals surface area contributed by atoms with Crippen molar-refractivity contribution in [3.63, 3.8) is 0 Å². The lowest BCUT2D eigenvalue weighted by Crippen LogP contribution is -2.43. The first-order valence-electron chi connectivity index (χ1n) is 10.3. The summed E-state index contributed by atoms with van der Waals surface area (Å²) in [5, 5.41) is 5.93. The Morgan fingerprint density at radius 1 is 1.38 bits per heavy atom. The van der Waals surface area contributed by atoms with Gasteiger partial charge < -0.3 is 15.5 Å². The first-order chi connectivity index (χ1) is 14.6. The molecule has 0 bridgehead atoms. The topological polar surface area (TPSA) is 103 Å². The van der Waals surface area contributed by atoms with Crippen LogP contribution < -0.4 is 15.4 Å². The smallest absolute Gasteiger partial charge is 0.265 e. The minimum Gasteiger partial charge on any atom is -0.356 e. The van der Waals surface area contributed by atoms with Crippen molar-refractivity contribution in [1.82, 2.24) is 20.3 Å². The molecule has 3 N–H and O–H groups in total. The van der Waals surface area contributed by atoms with Gasteiger partial charge in [0.25, 0.3) is 10.0 Å². The Morgan fingerprint density at radius 3 is 2.69 bits per heavy atom. The molecule has 182 valence electrons. The van der Waals surface area contributed by atoms with Gasteiger partial charge in [0.1, 0.15) is 4.90 Å². The van der Waals surface area contributed by atoms with Gasteiger partial charge >= 0.3 is 0 Å². The number of carbonyl (C=O) groups is 1. The Bertz CT molecular complexity index is 911. The van der Waals surface area contributed by atoms with Crippen LogP contribution in [0.5, 0.6) is 0 Å². The second kappa shape index (κ2) is 13.5. The first-order valence-corrected chi connectivity index (χ1v) is 13.1. The molecule has 0 radical (unpaired) electrons. The second-order valence-electron chi connectivity index (χ2n) is 7.65. The monoisotopic (exact) mass is 525 g/mol. The maximum atomic E-state index is 13.1. The number of carbonyl (C=O) groups excluding carboxylic acids is 1. The predicted molar refractivity (Wildman–Crippen MR) is 135 cm³/mol. The van der Waals surface area contributed by atoms with E-state index in [1.54, 1.807) is 19.1 Å². The van der Waals surface area contributed by atoms with E-state index in [0.717, 1.165) is 19.4 Å². The molecule has 1 atom stereocenters. The summed E-state index contributed by atoms with van der Waals surface area (Å²) in [6.07, 6.45) is 2.26. The molecular weight excluding hydrogens is 493 g/mol. The summed E-state index contributed by atoms with van der Waals surface area (Å²) in [5.41, 5.74) is 0.646. The molecule has 0 spiro atoms. The summed E-state index contributed by atoms with van der Waals surface area (Å²) in [4.78, 5) is 19.5. The molecule has 0 saturated carbocycles. The molecular formula is C20H33Cl2N5O3S2. The van der Waals surface area contributed by atoms with E-state index in [4.69, 9.17) is 11.6 Å². The van der Waals surface area contributed by atoms with Crippen molar-refractivity contribution in [3.05, 3.63) is 22.7 Å². The lowest BCUT2D eigenvalue weighted by molar-refractivity contribution is -0.120. The molecule has 0 aromatic heterocycles. The van der Waals surface area contributed by atoms with Crippen molar-refractivity contribution in [2.24, 2.45) is 4.99 Å². The molecule has 12 heteroatoms. The Balaban J connectivity index is 0.00000512. The van der Waals surface area contributed by atoms with Gasteiger partial charge in [0.15, 0.2) is 0 Å². The SMILES string of the molecule is CCCC(Sc1cc(Cl)c(C)cc1S(=O)(=O)NC1=NCCCN1)C(=O)NCCN(C)C.Cl. The molecule has 0 fully saturated rings. The normalized spacial score (nSPS) is 14.8. The number of nitrogens with zero attached hydrogens (tertiary/aromatic N) is 2. The van der Waals surface area contributed by atoms with E-state index >= 15 is 0 Å². The molecule has 32 heavy (non-hydrogen) atoms. The maximum absolute atomic E-state index is 13.1. The van der Waals surface area contributed by atoms with Crippen LogP contribution in [0.3, 0.4) is 0 Å². The quantitative estimate of drug-likeness (QED) is 0.405. The number of likely N-dealkylation sites (N-methyl/N-ethyl adjacent to an activating group) is 1. The highest BCUT2D eigenvalue weighted by atomic mass is 35.5. The summed E-state index contributed by atoms with van der Waals surface area (Å²) in [5.74, 6) is 0.126. The number of hydrogen-bond acceptors (Lipinski definition) is 7. The first kappa shape index (κ1) is 28.8. The van der Waals surface area contributed by atoms with Crippen LogP contribution in [-0.2, 0) is 14.8 Å². The van der Waals surface area contributed by atoms with Crippen LogP contribution in [0.1, 0.15) is 31.7 Å². The zero-order valence-electron chi connectivity index (χ0n) is 18.9. The molecule has 2 rings (SSSR count). The van der Waals surface area contributed by atoms with Crippen LogP contribution in [0.2, 0.25) is 5.02 Å². The van der Waals surface area contributed by atoms with Crippen molar-refractivity contribution in [2.75, 3.05) is 40.3 Å². The lowest BCUT2D eigenvalue weighted by Gasteiger charge is -2.21. The number of benzene rings is 1. The summed E-state index contributed by atoms with van der Waals surface area (Å²) in [6.45, 7) is 6.23. The number of hydrogen-bond donors (Lipinski definition) is 3. The Labute approximate surface area is 206 Å². The molecule has 1 aliphatic heterocycles. The number of aryl methyl sites for hydroxylation is 1. The number of amides is 1. The average Bonchev–Trinajstić information content (AvgIpc) is 2.70. The number of sulfonamides is 1. The number of aliphatic imine (C=N–C) groups is 1. The fourth-order valence-electron chi connectivity index (χ4n) is 2.90. The Kier molecular flexibility index (Phi) is 12.2. The average molecular weight is 527 g/mol. The zero-order valence-corrected chi connectivity index (χ0v) is 22.1. The summed E-state index contributed by atoms with van der Waals surface area (Å²) < 4.78 is 28.8. The Hall–Kier alpha value is -1.20. The van der Waals surface area contributed by atoms with Gasteiger partial charge in [-0.05, 0) is 51.6 Å². The number of thioether (sulfide) groups is 1. The van der Waals surface area contributed by atoms with Crippen LogP contribution in [0.4, 0.5) is 0 Å². The van der Waals surface area contributed by atoms with E-state index in [2.05, 4.69) is 20.3 Å². The molecule has 0 aliphatic carbocycles. The third-order valence-electron chi connectivity index (χ3n) is 4.61. The van der Waals surface area contributed by atoms with Crippen molar-refractivity contribution in [1.29, 1.82) is 0 Å². The van der Waals surface area contributed by atoms with Crippen molar-refractivity contribution in [2.45, 2.75) is 48.2 Å². The van der Waals surface area contributed by atoms with E-state index in [1.807, 2.05) is 25.9 Å². The predicted octanol–water partition coefficient (Wildman–Crippen LogP) is 2.64. The number of guanidine groups is 1. The summed E-state index contributed by atoms with van der Waals surface area (Å²) in [6, 6.07) is 3.17. The molecule has 1 aromatic rings. The van der Waals surface area contributed by atoms with Crippen LogP contribution in [0.25, 0.3) is 0 Å². The van der Waals surface area contributed by atoms with Gasteiger partial charge in [-0.2, -0.15) is 0 Å².